The second-order valence-electron chi connectivity index (χ2n) is 7.15. The maximum atomic E-state index is 12.8. The van der Waals surface area contributed by atoms with Crippen molar-refractivity contribution in [2.75, 3.05) is 18.6 Å². The van der Waals surface area contributed by atoms with Crippen LogP contribution in [-0.2, 0) is 28.8 Å². The fraction of sp³-hybridized carbons (Fsp3) is 0.444. The second-order valence-corrected chi connectivity index (χ2v) is 9.14. The number of anilines is 1. The number of nitrogens with two attached hydrogens (primary N) is 1. The van der Waals surface area contributed by atoms with Gasteiger partial charge in [0, 0.05) is 24.0 Å². The van der Waals surface area contributed by atoms with Crippen LogP contribution in [0, 0.1) is 0 Å². The minimum atomic E-state index is -1.49. The summed E-state index contributed by atoms with van der Waals surface area (Å²) in [6, 6.07) is -0.967. The van der Waals surface area contributed by atoms with Crippen molar-refractivity contribution in [3.8, 4) is 0 Å². The van der Waals surface area contributed by atoms with Crippen LogP contribution in [0.25, 0.3) is 0 Å². The number of oxime groups is 1. The van der Waals surface area contributed by atoms with E-state index in [0.717, 1.165) is 16.2 Å². The first-order chi connectivity index (χ1) is 15.3. The number of aliphatic carboxylic acids is 1. The smallest absolute Gasteiger partial charge is 0.543 e. The molecule has 0 spiro atoms. The number of rotatable bonds is 7. The maximum Gasteiger partial charge on any atom is 1.00 e. The quantitative estimate of drug-likeness (QED) is 0.121. The number of esters is 1. The van der Waals surface area contributed by atoms with Crippen LogP contribution in [0.1, 0.15) is 25.0 Å². The van der Waals surface area contributed by atoms with Gasteiger partial charge in [0.25, 0.3) is 11.8 Å². The van der Waals surface area contributed by atoms with E-state index >= 15 is 0 Å². The number of fused-ring (bicyclic) bond motifs is 1. The normalized spacial score (nSPS) is 24.5. The van der Waals surface area contributed by atoms with Crippen LogP contribution in [0.15, 0.2) is 21.8 Å². The monoisotopic (exact) mass is 503 g/mol. The molecule has 2 amide bonds. The molecule has 3 N–H and O–H groups in total. The fourth-order valence-corrected chi connectivity index (χ4v) is 5.64. The standard InChI is InChI=1S/C18H19N5O7S2.Na/c1-29-22-11(9-6-32-18(19)20-9)14(25)21-12-15(26)23-13(17(27)28)7(5-31-16(12)23)4-8-2-3-10(24)30-8;/h6,8,12,16H,2-5H2,1H3,(H2,19,20)(H,21,25)(H,27,28);/q;+1/p-1/b22-11-;/t8?,12-,16-;/m1./s1. The summed E-state index contributed by atoms with van der Waals surface area (Å²) in [6.45, 7) is 0. The maximum absolute atomic E-state index is 12.8. The summed E-state index contributed by atoms with van der Waals surface area (Å²) in [7, 11) is 1.26. The Labute approximate surface area is 218 Å². The number of ether oxygens (including phenoxy) is 1. The molecule has 3 aliphatic heterocycles. The summed E-state index contributed by atoms with van der Waals surface area (Å²) in [5.41, 5.74) is 5.87. The fourth-order valence-electron chi connectivity index (χ4n) is 3.73. The first-order valence-electron chi connectivity index (χ1n) is 9.51. The Morgan fingerprint density at radius 2 is 2.21 bits per heavy atom. The van der Waals surface area contributed by atoms with Gasteiger partial charge in [-0.2, -0.15) is 0 Å². The van der Waals surface area contributed by atoms with Gasteiger partial charge in [-0.15, -0.1) is 23.1 Å². The summed E-state index contributed by atoms with van der Waals surface area (Å²) in [6.07, 6.45) is 0.563. The molecule has 1 unspecified atom stereocenters. The van der Waals surface area contributed by atoms with Crippen molar-refractivity contribution in [1.29, 1.82) is 0 Å². The van der Waals surface area contributed by atoms with E-state index < -0.39 is 35.3 Å². The van der Waals surface area contributed by atoms with E-state index in [0.29, 0.717) is 17.7 Å². The number of carbonyl (C=O) groups is 4. The largest absolute Gasteiger partial charge is 1.00 e. The molecule has 0 bridgehead atoms. The number of nitrogens with zero attached hydrogens (tertiary/aromatic N) is 3. The molecule has 0 saturated carbocycles. The molecular formula is C18H18N5NaO7S2. The molecule has 4 rings (SSSR count). The zero-order valence-electron chi connectivity index (χ0n) is 17.7. The van der Waals surface area contributed by atoms with Crippen molar-refractivity contribution < 1.29 is 63.4 Å². The van der Waals surface area contributed by atoms with Gasteiger partial charge in [0.1, 0.15) is 30.3 Å². The molecule has 12 nitrogen and oxygen atoms in total. The van der Waals surface area contributed by atoms with Gasteiger partial charge in [-0.3, -0.25) is 19.3 Å². The van der Waals surface area contributed by atoms with Crippen LogP contribution in [0.4, 0.5) is 5.13 Å². The Morgan fingerprint density at radius 3 is 2.79 bits per heavy atom. The van der Waals surface area contributed by atoms with E-state index in [-0.39, 0.29) is 70.6 Å². The van der Waals surface area contributed by atoms with Crippen molar-refractivity contribution in [1.82, 2.24) is 15.2 Å². The summed E-state index contributed by atoms with van der Waals surface area (Å²) < 4.78 is 5.17. The topological polar surface area (TPSA) is 176 Å². The van der Waals surface area contributed by atoms with Crippen molar-refractivity contribution >= 4 is 57.7 Å². The van der Waals surface area contributed by atoms with E-state index in [1.165, 1.54) is 24.3 Å². The predicted molar refractivity (Wildman–Crippen MR) is 111 cm³/mol. The van der Waals surface area contributed by atoms with E-state index in [1.54, 1.807) is 0 Å². The number of nitrogens with one attached hydrogen (secondary N) is 1. The molecule has 15 heteroatoms. The molecule has 0 aliphatic carbocycles. The van der Waals surface area contributed by atoms with Crippen LogP contribution in [-0.4, -0.2) is 69.7 Å². The molecule has 33 heavy (non-hydrogen) atoms. The molecule has 170 valence electrons. The van der Waals surface area contributed by atoms with Gasteiger partial charge in [0.2, 0.25) is 0 Å². The molecule has 1 aromatic heterocycles. The molecule has 4 heterocycles. The minimum Gasteiger partial charge on any atom is -0.543 e. The first kappa shape index (κ1) is 25.5. The van der Waals surface area contributed by atoms with Gasteiger partial charge in [-0.25, -0.2) is 4.98 Å². The third kappa shape index (κ3) is 5.04. The Bertz CT molecular complexity index is 1060. The Kier molecular flexibility index (Phi) is 8.05. The zero-order chi connectivity index (χ0) is 23.0. The summed E-state index contributed by atoms with van der Waals surface area (Å²) in [5, 5.41) is 19.2. The molecule has 0 radical (unpaired) electrons. The molecule has 2 saturated heterocycles. The SMILES string of the molecule is CO/N=C(\C(=O)N[C@@H]1C(=O)N2C(C(=O)[O-])=C(CC3CCC(=O)O3)CS[C@H]12)c1csc(N)n1.[Na+]. The number of carboxylic acids is 1. The molecule has 2 fully saturated rings. The van der Waals surface area contributed by atoms with E-state index in [9.17, 15) is 24.3 Å². The average molecular weight is 503 g/mol. The number of carboxylic acid groups (broad SMARTS) is 1. The van der Waals surface area contributed by atoms with Crippen LogP contribution in [0.3, 0.4) is 0 Å². The van der Waals surface area contributed by atoms with Gasteiger partial charge in [-0.05, 0) is 12.0 Å². The van der Waals surface area contributed by atoms with Gasteiger partial charge < -0.3 is 30.5 Å². The Hall–Kier alpha value is -2.13. The zero-order valence-corrected chi connectivity index (χ0v) is 21.4. The number of hydrogen-bond donors (Lipinski definition) is 2. The first-order valence-corrected chi connectivity index (χ1v) is 11.4. The van der Waals surface area contributed by atoms with Crippen LogP contribution >= 0.6 is 23.1 Å². The number of carbonyl (C=O) groups excluding carboxylic acids is 4. The Balaban J connectivity index is 0.00000306. The predicted octanol–water partition coefficient (Wildman–Crippen LogP) is -4.42. The van der Waals surface area contributed by atoms with Crippen molar-refractivity contribution in [2.45, 2.75) is 36.8 Å². The number of aromatic nitrogens is 1. The average Bonchev–Trinajstić information content (AvgIpc) is 3.37. The number of thiazole rings is 1. The number of thioether (sulfide) groups is 1. The van der Waals surface area contributed by atoms with Crippen molar-refractivity contribution in [3.05, 3.63) is 22.3 Å². The van der Waals surface area contributed by atoms with Gasteiger partial charge in [0.05, 0.1) is 11.7 Å². The van der Waals surface area contributed by atoms with E-state index in [1.807, 2.05) is 0 Å². The van der Waals surface area contributed by atoms with Gasteiger partial charge in [0.15, 0.2) is 10.8 Å². The van der Waals surface area contributed by atoms with Crippen LogP contribution < -0.4 is 45.7 Å². The summed E-state index contributed by atoms with van der Waals surface area (Å²) in [4.78, 5) is 58.5. The molecule has 1 aromatic rings. The number of β-lactam (4-membered cyclic amide) rings is 1. The number of cyclic esters (lactones) is 1. The second kappa shape index (κ2) is 10.4. The van der Waals surface area contributed by atoms with Gasteiger partial charge in [-0.1, -0.05) is 5.16 Å². The summed E-state index contributed by atoms with van der Waals surface area (Å²) >= 11 is 2.41. The van der Waals surface area contributed by atoms with Crippen molar-refractivity contribution in [2.24, 2.45) is 5.16 Å². The van der Waals surface area contributed by atoms with Crippen LogP contribution in [0.2, 0.25) is 0 Å². The third-order valence-electron chi connectivity index (χ3n) is 5.13. The van der Waals surface area contributed by atoms with Crippen molar-refractivity contribution in [3.63, 3.8) is 0 Å². The summed E-state index contributed by atoms with van der Waals surface area (Å²) in [5.74, 6) is -2.83. The van der Waals surface area contributed by atoms with Gasteiger partial charge >= 0.3 is 35.5 Å². The number of hydrogen-bond acceptors (Lipinski definition) is 12. The number of amides is 2. The van der Waals surface area contributed by atoms with Crippen LogP contribution in [0.5, 0.6) is 0 Å². The Morgan fingerprint density at radius 1 is 1.45 bits per heavy atom. The third-order valence-corrected chi connectivity index (χ3v) is 7.15. The molecular weight excluding hydrogens is 485 g/mol. The minimum absolute atomic E-state index is 0. The molecule has 3 aliphatic rings. The number of nitrogen functional groups attached to an aromatic ring is 1. The molecule has 3 atom stereocenters. The molecule has 0 aromatic carbocycles. The van der Waals surface area contributed by atoms with E-state index in [2.05, 4.69) is 15.5 Å². The van der Waals surface area contributed by atoms with E-state index in [4.69, 9.17) is 15.3 Å².